The average Bonchev–Trinajstić information content (AvgIpc) is 3.63. The quantitative estimate of drug-likeness (QED) is 0.617. The van der Waals surface area contributed by atoms with E-state index in [1.165, 1.54) is 12.1 Å². The molecule has 0 spiro atoms. The Morgan fingerprint density at radius 3 is 2.28 bits per heavy atom. The van der Waals surface area contributed by atoms with E-state index in [0.29, 0.717) is 43.8 Å². The van der Waals surface area contributed by atoms with Crippen LogP contribution in [0.2, 0.25) is 5.02 Å². The van der Waals surface area contributed by atoms with Crippen molar-refractivity contribution >= 4 is 27.5 Å². The van der Waals surface area contributed by atoms with E-state index in [0.717, 1.165) is 5.75 Å². The van der Waals surface area contributed by atoms with Gasteiger partial charge in [0.25, 0.3) is 15.9 Å². The van der Waals surface area contributed by atoms with Crippen molar-refractivity contribution in [3.8, 4) is 5.75 Å². The van der Waals surface area contributed by atoms with Gasteiger partial charge in [-0.15, -0.1) is 0 Å². The molecule has 1 aliphatic carbocycles. The molecule has 2 aliphatic rings. The predicted molar refractivity (Wildman–Crippen MR) is 121 cm³/mol. The van der Waals surface area contributed by atoms with Gasteiger partial charge in [-0.3, -0.25) is 9.69 Å². The first-order valence-corrected chi connectivity index (χ1v) is 12.6. The molecule has 1 N–H and O–H groups in total. The minimum atomic E-state index is -4.52. The first kappa shape index (κ1) is 23.0. The number of alkyl halides is 1. The Kier molecular flexibility index (Phi) is 6.74. The van der Waals surface area contributed by atoms with Crippen molar-refractivity contribution < 1.29 is 22.3 Å². The SMILES string of the molecule is O=C(NS(=O)(=O)C(F)(CN1CCC(Oc2ccc(Cl)cc2)CC1)C1CC1)c1ccccc1. The number of hydrogen-bond donors (Lipinski definition) is 1. The molecule has 2 aromatic rings. The number of carbonyl (C=O) groups excluding carboxylic acids is 1. The molecule has 2 aromatic carbocycles. The van der Waals surface area contributed by atoms with Crippen LogP contribution in [-0.2, 0) is 10.0 Å². The fourth-order valence-corrected chi connectivity index (χ4v) is 5.68. The monoisotopic (exact) mass is 480 g/mol. The lowest BCUT2D eigenvalue weighted by molar-refractivity contribution is 0.0688. The predicted octanol–water partition coefficient (Wildman–Crippen LogP) is 4.02. The summed E-state index contributed by atoms with van der Waals surface area (Å²) >= 11 is 5.90. The van der Waals surface area contributed by atoms with Crippen molar-refractivity contribution in [3.63, 3.8) is 0 Å². The van der Waals surface area contributed by atoms with E-state index in [1.807, 2.05) is 9.62 Å². The maximum absolute atomic E-state index is 16.0. The van der Waals surface area contributed by atoms with Crippen LogP contribution in [0.3, 0.4) is 0 Å². The van der Waals surface area contributed by atoms with Gasteiger partial charge < -0.3 is 4.74 Å². The Balaban J connectivity index is 1.37. The lowest BCUT2D eigenvalue weighted by atomic mass is 10.1. The molecule has 172 valence electrons. The number of sulfonamides is 1. The van der Waals surface area contributed by atoms with Crippen LogP contribution in [0.25, 0.3) is 0 Å². The number of benzene rings is 2. The minimum absolute atomic E-state index is 0.0308. The van der Waals surface area contributed by atoms with Crippen LogP contribution in [0.5, 0.6) is 5.75 Å². The number of likely N-dealkylation sites (tertiary alicyclic amines) is 1. The molecule has 1 saturated heterocycles. The molecule has 1 aliphatic heterocycles. The van der Waals surface area contributed by atoms with Crippen LogP contribution in [0.1, 0.15) is 36.0 Å². The van der Waals surface area contributed by atoms with Gasteiger partial charge in [0.05, 0.1) is 0 Å². The summed E-state index contributed by atoms with van der Waals surface area (Å²) in [4.78, 5) is 14.2. The smallest absolute Gasteiger partial charge is 0.272 e. The number of amides is 1. The highest BCUT2D eigenvalue weighted by atomic mass is 35.5. The van der Waals surface area contributed by atoms with Gasteiger partial charge in [0.2, 0.25) is 5.00 Å². The van der Waals surface area contributed by atoms with Gasteiger partial charge in [0, 0.05) is 36.1 Å². The summed E-state index contributed by atoms with van der Waals surface area (Å²) in [6, 6.07) is 15.1. The molecule has 4 rings (SSSR count). The van der Waals surface area contributed by atoms with Crippen LogP contribution in [0, 0.1) is 5.92 Å². The Morgan fingerprint density at radius 2 is 1.69 bits per heavy atom. The Hall–Kier alpha value is -2.16. The number of hydrogen-bond acceptors (Lipinski definition) is 5. The fraction of sp³-hybridized carbons (Fsp3) is 0.435. The van der Waals surface area contributed by atoms with Gasteiger partial charge in [-0.1, -0.05) is 29.8 Å². The van der Waals surface area contributed by atoms with Gasteiger partial charge in [-0.25, -0.2) is 17.5 Å². The third-order valence-corrected chi connectivity index (χ3v) is 8.05. The van der Waals surface area contributed by atoms with Gasteiger partial charge >= 0.3 is 0 Å². The molecule has 0 aromatic heterocycles. The third-order valence-electron chi connectivity index (χ3n) is 5.99. The van der Waals surface area contributed by atoms with Crippen molar-refractivity contribution in [2.45, 2.75) is 36.8 Å². The molecule has 2 fully saturated rings. The maximum Gasteiger partial charge on any atom is 0.272 e. The lowest BCUT2D eigenvalue weighted by Gasteiger charge is -2.36. The second-order valence-corrected chi connectivity index (χ2v) is 10.7. The number of nitrogens with zero attached hydrogens (tertiary/aromatic N) is 1. The summed E-state index contributed by atoms with van der Waals surface area (Å²) in [6.07, 6.45) is 2.26. The summed E-state index contributed by atoms with van der Waals surface area (Å²) in [7, 11) is -4.52. The number of rotatable bonds is 8. The molecule has 9 heteroatoms. The minimum Gasteiger partial charge on any atom is -0.490 e. The zero-order valence-electron chi connectivity index (χ0n) is 17.5. The summed E-state index contributed by atoms with van der Waals surface area (Å²) in [6.45, 7) is 0.764. The second-order valence-electron chi connectivity index (χ2n) is 8.41. The first-order chi connectivity index (χ1) is 15.3. The van der Waals surface area contributed by atoms with Crippen LogP contribution < -0.4 is 9.46 Å². The summed E-state index contributed by atoms with van der Waals surface area (Å²) in [5.41, 5.74) is 0.175. The van der Waals surface area contributed by atoms with Gasteiger partial charge in [-0.05, 0) is 62.1 Å². The summed E-state index contributed by atoms with van der Waals surface area (Å²) in [5.74, 6) is -0.702. The average molecular weight is 481 g/mol. The molecule has 1 heterocycles. The number of carbonyl (C=O) groups is 1. The number of nitrogens with one attached hydrogen (secondary N) is 1. The molecule has 1 amide bonds. The van der Waals surface area contributed by atoms with Gasteiger partial charge in [-0.2, -0.15) is 0 Å². The van der Waals surface area contributed by atoms with Crippen molar-refractivity contribution in [2.75, 3.05) is 19.6 Å². The zero-order valence-corrected chi connectivity index (χ0v) is 19.1. The van der Waals surface area contributed by atoms with Crippen molar-refractivity contribution in [1.82, 2.24) is 9.62 Å². The summed E-state index contributed by atoms with van der Waals surface area (Å²) < 4.78 is 49.8. The highest BCUT2D eigenvalue weighted by Crippen LogP contribution is 2.46. The Morgan fingerprint density at radius 1 is 1.06 bits per heavy atom. The topological polar surface area (TPSA) is 75.7 Å². The molecule has 1 saturated carbocycles. The molecule has 32 heavy (non-hydrogen) atoms. The largest absolute Gasteiger partial charge is 0.490 e. The first-order valence-electron chi connectivity index (χ1n) is 10.7. The molecular formula is C23H26ClFN2O4S. The Labute approximate surface area is 192 Å². The number of piperidine rings is 1. The van der Waals surface area contributed by atoms with Crippen LogP contribution >= 0.6 is 11.6 Å². The van der Waals surface area contributed by atoms with E-state index in [9.17, 15) is 13.2 Å². The zero-order chi connectivity index (χ0) is 22.8. The van der Waals surface area contributed by atoms with Crippen molar-refractivity contribution in [2.24, 2.45) is 5.92 Å². The molecule has 1 unspecified atom stereocenters. The highest BCUT2D eigenvalue weighted by molar-refractivity contribution is 7.91. The van der Waals surface area contributed by atoms with E-state index in [4.69, 9.17) is 16.3 Å². The number of halogens is 2. The fourth-order valence-electron chi connectivity index (χ4n) is 4.00. The van der Waals surface area contributed by atoms with Crippen LogP contribution in [0.4, 0.5) is 4.39 Å². The van der Waals surface area contributed by atoms with E-state index >= 15 is 4.39 Å². The molecule has 0 bridgehead atoms. The van der Waals surface area contributed by atoms with Gasteiger partial charge in [0.15, 0.2) is 0 Å². The standard InChI is InChI=1S/C23H26ClFN2O4S/c24-19-8-10-20(11-9-19)31-21-12-14-27(15-13-21)16-23(25,18-6-7-18)32(29,30)26-22(28)17-4-2-1-3-5-17/h1-5,8-11,18,21H,6-7,12-16H2,(H,26,28). The molecule has 0 radical (unpaired) electrons. The maximum atomic E-state index is 16.0. The van der Waals surface area contributed by atoms with E-state index in [-0.39, 0.29) is 18.2 Å². The lowest BCUT2D eigenvalue weighted by Crippen LogP contribution is -2.55. The number of ether oxygens (including phenoxy) is 1. The molecular weight excluding hydrogens is 455 g/mol. The summed E-state index contributed by atoms with van der Waals surface area (Å²) in [5, 5.41) is -1.88. The normalized spacial score (nSPS) is 19.8. The van der Waals surface area contributed by atoms with E-state index < -0.39 is 26.8 Å². The van der Waals surface area contributed by atoms with E-state index in [2.05, 4.69) is 0 Å². The van der Waals surface area contributed by atoms with Crippen molar-refractivity contribution in [1.29, 1.82) is 0 Å². The van der Waals surface area contributed by atoms with Crippen LogP contribution in [-0.4, -0.2) is 50.0 Å². The molecule has 6 nitrogen and oxygen atoms in total. The third kappa shape index (κ3) is 5.24. The van der Waals surface area contributed by atoms with E-state index in [1.54, 1.807) is 42.5 Å². The second kappa shape index (κ2) is 9.37. The Bertz CT molecular complexity index is 1040. The highest BCUT2D eigenvalue weighted by Gasteiger charge is 2.57. The van der Waals surface area contributed by atoms with Crippen LogP contribution in [0.15, 0.2) is 54.6 Å². The van der Waals surface area contributed by atoms with Crippen molar-refractivity contribution in [3.05, 3.63) is 65.2 Å². The molecule has 1 atom stereocenters. The van der Waals surface area contributed by atoms with Gasteiger partial charge in [0.1, 0.15) is 11.9 Å².